The Morgan fingerprint density at radius 1 is 1.10 bits per heavy atom. The molecule has 1 aromatic carbocycles. The highest BCUT2D eigenvalue weighted by Crippen LogP contribution is 2.18. The molecule has 1 aromatic heterocycles. The van der Waals surface area contributed by atoms with Crippen LogP contribution in [0.2, 0.25) is 0 Å². The minimum atomic E-state index is -0.479. The zero-order chi connectivity index (χ0) is 15.2. The Hall–Kier alpha value is -2.24. The Morgan fingerprint density at radius 3 is 2.38 bits per heavy atom. The molecule has 21 heavy (non-hydrogen) atoms. The van der Waals surface area contributed by atoms with Crippen LogP contribution in [0.4, 0.5) is 14.6 Å². The lowest BCUT2D eigenvalue weighted by Crippen LogP contribution is -2.24. The molecule has 0 amide bonds. The van der Waals surface area contributed by atoms with Crippen LogP contribution in [0.1, 0.15) is 19.4 Å². The number of rotatable bonds is 6. The van der Waals surface area contributed by atoms with E-state index in [9.17, 15) is 8.78 Å². The normalized spacial score (nSPS) is 10.5. The van der Waals surface area contributed by atoms with Gasteiger partial charge in [0.15, 0.2) is 11.6 Å². The van der Waals surface area contributed by atoms with E-state index in [1.807, 2.05) is 13.8 Å². The summed E-state index contributed by atoms with van der Waals surface area (Å²) in [7, 11) is 0. The number of ether oxygens (including phenoxy) is 1. The van der Waals surface area contributed by atoms with E-state index in [-0.39, 0.29) is 24.3 Å². The van der Waals surface area contributed by atoms with Crippen LogP contribution in [0.5, 0.6) is 6.01 Å². The third-order valence-electron chi connectivity index (χ3n) is 3.05. The zero-order valence-corrected chi connectivity index (χ0v) is 12.0. The van der Waals surface area contributed by atoms with Crippen LogP contribution in [0.3, 0.4) is 0 Å². The summed E-state index contributed by atoms with van der Waals surface area (Å²) >= 11 is 0. The highest BCUT2D eigenvalue weighted by atomic mass is 19.1. The Balaban J connectivity index is 2.10. The number of hydrogen-bond donors (Lipinski definition) is 0. The number of aromatic nitrogens is 2. The van der Waals surface area contributed by atoms with Gasteiger partial charge < -0.3 is 9.64 Å². The topological polar surface area (TPSA) is 38.2 Å². The molecule has 0 unspecified atom stereocenters. The molecule has 4 nitrogen and oxygen atoms in total. The van der Waals surface area contributed by atoms with E-state index in [4.69, 9.17) is 4.74 Å². The molecule has 0 saturated carbocycles. The molecule has 0 atom stereocenters. The minimum absolute atomic E-state index is 0.0997. The molecule has 6 heteroatoms. The number of benzene rings is 1. The van der Waals surface area contributed by atoms with Crippen molar-refractivity contribution in [3.8, 4) is 6.01 Å². The van der Waals surface area contributed by atoms with E-state index in [0.29, 0.717) is 13.1 Å². The van der Waals surface area contributed by atoms with Crippen molar-refractivity contribution in [1.82, 2.24) is 9.97 Å². The molecule has 2 rings (SSSR count). The first-order chi connectivity index (χ1) is 10.1. The van der Waals surface area contributed by atoms with Crippen molar-refractivity contribution < 1.29 is 13.5 Å². The quantitative estimate of drug-likeness (QED) is 0.820. The summed E-state index contributed by atoms with van der Waals surface area (Å²) in [5, 5.41) is 0. The van der Waals surface area contributed by atoms with Crippen molar-refractivity contribution in [1.29, 1.82) is 0 Å². The van der Waals surface area contributed by atoms with Gasteiger partial charge in [0.1, 0.15) is 12.4 Å². The van der Waals surface area contributed by atoms with Crippen molar-refractivity contribution in [3.63, 3.8) is 0 Å². The first-order valence-electron chi connectivity index (χ1n) is 6.78. The Morgan fingerprint density at radius 2 is 1.76 bits per heavy atom. The molecule has 0 aliphatic heterocycles. The van der Waals surface area contributed by atoms with Gasteiger partial charge in [-0.05, 0) is 31.5 Å². The standard InChI is InChI=1S/C15H17F2N3O/c1-3-20(4-2)14-13(17)9-18-15(19-14)21-10-11-5-7-12(16)8-6-11/h5-9H,3-4,10H2,1-2H3. The van der Waals surface area contributed by atoms with Crippen LogP contribution in [-0.2, 0) is 6.61 Å². The first kappa shape index (κ1) is 15.2. The summed E-state index contributed by atoms with van der Waals surface area (Å²) in [5.41, 5.74) is 0.786. The summed E-state index contributed by atoms with van der Waals surface area (Å²) in [6.07, 6.45) is 1.10. The lowest BCUT2D eigenvalue weighted by Gasteiger charge is -2.20. The average molecular weight is 293 g/mol. The van der Waals surface area contributed by atoms with Gasteiger partial charge in [-0.1, -0.05) is 12.1 Å². The second kappa shape index (κ2) is 6.97. The summed E-state index contributed by atoms with van der Waals surface area (Å²) < 4.78 is 32.0. The highest BCUT2D eigenvalue weighted by molar-refractivity contribution is 5.39. The van der Waals surface area contributed by atoms with E-state index in [2.05, 4.69) is 9.97 Å². The molecule has 0 radical (unpaired) electrons. The molecule has 0 aliphatic rings. The van der Waals surface area contributed by atoms with Crippen molar-refractivity contribution in [3.05, 3.63) is 47.7 Å². The number of halogens is 2. The van der Waals surface area contributed by atoms with Gasteiger partial charge in [0, 0.05) is 13.1 Å². The van der Waals surface area contributed by atoms with Gasteiger partial charge >= 0.3 is 6.01 Å². The predicted octanol–water partition coefficient (Wildman–Crippen LogP) is 3.18. The highest BCUT2D eigenvalue weighted by Gasteiger charge is 2.13. The molecule has 0 aliphatic carbocycles. The van der Waals surface area contributed by atoms with Gasteiger partial charge in [-0.15, -0.1) is 0 Å². The van der Waals surface area contributed by atoms with Crippen LogP contribution in [0, 0.1) is 11.6 Å². The van der Waals surface area contributed by atoms with Crippen LogP contribution < -0.4 is 9.64 Å². The molecule has 0 spiro atoms. The van der Waals surface area contributed by atoms with Gasteiger partial charge in [0.05, 0.1) is 6.20 Å². The largest absolute Gasteiger partial charge is 0.459 e. The van der Waals surface area contributed by atoms with Gasteiger partial charge in [-0.25, -0.2) is 13.8 Å². The van der Waals surface area contributed by atoms with Gasteiger partial charge in [0.25, 0.3) is 0 Å². The summed E-state index contributed by atoms with van der Waals surface area (Å²) in [6.45, 7) is 5.32. The van der Waals surface area contributed by atoms with Crippen LogP contribution >= 0.6 is 0 Å². The molecule has 0 saturated heterocycles. The molecule has 1 heterocycles. The molecular weight excluding hydrogens is 276 g/mol. The van der Waals surface area contributed by atoms with Gasteiger partial charge in [-0.2, -0.15) is 4.98 Å². The number of hydrogen-bond acceptors (Lipinski definition) is 4. The Kier molecular flexibility index (Phi) is 5.03. The van der Waals surface area contributed by atoms with Crippen LogP contribution in [0.15, 0.2) is 30.5 Å². The molecule has 0 bridgehead atoms. The van der Waals surface area contributed by atoms with E-state index >= 15 is 0 Å². The molecule has 0 fully saturated rings. The third kappa shape index (κ3) is 3.87. The fourth-order valence-electron chi connectivity index (χ4n) is 1.89. The molecule has 112 valence electrons. The summed E-state index contributed by atoms with van der Waals surface area (Å²) in [6, 6.07) is 6.04. The van der Waals surface area contributed by atoms with E-state index in [0.717, 1.165) is 11.8 Å². The fourth-order valence-corrected chi connectivity index (χ4v) is 1.89. The zero-order valence-electron chi connectivity index (χ0n) is 12.0. The second-order valence-electron chi connectivity index (χ2n) is 4.41. The van der Waals surface area contributed by atoms with E-state index in [1.54, 1.807) is 17.0 Å². The lowest BCUT2D eigenvalue weighted by molar-refractivity contribution is 0.279. The summed E-state index contributed by atoms with van der Waals surface area (Å²) in [4.78, 5) is 9.68. The predicted molar refractivity (Wildman–Crippen MR) is 76.3 cm³/mol. The van der Waals surface area contributed by atoms with Crippen molar-refractivity contribution in [2.75, 3.05) is 18.0 Å². The monoisotopic (exact) mass is 293 g/mol. The summed E-state index contributed by atoms with van der Waals surface area (Å²) in [5.74, 6) is -0.558. The maximum atomic E-state index is 13.7. The van der Waals surface area contributed by atoms with Crippen LogP contribution in [-0.4, -0.2) is 23.1 Å². The Labute approximate surface area is 122 Å². The van der Waals surface area contributed by atoms with Crippen molar-refractivity contribution in [2.24, 2.45) is 0 Å². The lowest BCUT2D eigenvalue weighted by atomic mass is 10.2. The van der Waals surface area contributed by atoms with E-state index < -0.39 is 5.82 Å². The van der Waals surface area contributed by atoms with E-state index in [1.165, 1.54) is 12.1 Å². The molecule has 2 aromatic rings. The molecular formula is C15H17F2N3O. The molecule has 0 N–H and O–H groups in total. The Bertz CT molecular complexity index is 586. The van der Waals surface area contributed by atoms with Gasteiger partial charge in [-0.3, -0.25) is 0 Å². The third-order valence-corrected chi connectivity index (χ3v) is 3.05. The number of anilines is 1. The van der Waals surface area contributed by atoms with Crippen molar-refractivity contribution >= 4 is 5.82 Å². The van der Waals surface area contributed by atoms with Gasteiger partial charge in [0.2, 0.25) is 0 Å². The SMILES string of the molecule is CCN(CC)c1nc(OCc2ccc(F)cc2)ncc1F. The van der Waals surface area contributed by atoms with Crippen molar-refractivity contribution in [2.45, 2.75) is 20.5 Å². The minimum Gasteiger partial charge on any atom is -0.459 e. The number of nitrogens with zero attached hydrogens (tertiary/aromatic N) is 3. The fraction of sp³-hybridized carbons (Fsp3) is 0.333. The first-order valence-corrected chi connectivity index (χ1v) is 6.78. The maximum Gasteiger partial charge on any atom is 0.318 e. The smallest absolute Gasteiger partial charge is 0.318 e. The maximum absolute atomic E-state index is 13.7. The second-order valence-corrected chi connectivity index (χ2v) is 4.41. The van der Waals surface area contributed by atoms with Crippen LogP contribution in [0.25, 0.3) is 0 Å². The average Bonchev–Trinajstić information content (AvgIpc) is 2.50.